The Morgan fingerprint density at radius 1 is 1.44 bits per heavy atom. The fourth-order valence-corrected chi connectivity index (χ4v) is 2.17. The van der Waals surface area contributed by atoms with E-state index in [-0.39, 0.29) is 11.4 Å². The van der Waals surface area contributed by atoms with Crippen LogP contribution in [0.5, 0.6) is 5.75 Å². The molecule has 0 fully saturated rings. The largest absolute Gasteiger partial charge is 0.486 e. The van der Waals surface area contributed by atoms with Crippen molar-refractivity contribution < 1.29 is 9.53 Å². The summed E-state index contributed by atoms with van der Waals surface area (Å²) in [5.41, 5.74) is 0.312. The molecule has 1 aromatic carbocycles. The van der Waals surface area contributed by atoms with Crippen LogP contribution in [0.15, 0.2) is 22.7 Å². The number of halogens is 1. The van der Waals surface area contributed by atoms with E-state index in [0.29, 0.717) is 23.7 Å². The van der Waals surface area contributed by atoms with Crippen LogP contribution < -0.4 is 4.74 Å². The van der Waals surface area contributed by atoms with Gasteiger partial charge in [-0.3, -0.25) is 4.79 Å². The molecule has 0 saturated carbocycles. The second kappa shape index (κ2) is 3.88. The molecule has 1 atom stereocenters. The second-order valence-corrected chi connectivity index (χ2v) is 5.73. The molecule has 0 spiro atoms. The maximum absolute atomic E-state index is 12.0. The van der Waals surface area contributed by atoms with E-state index >= 15 is 0 Å². The number of hydrogen-bond donors (Lipinski definition) is 0. The quantitative estimate of drug-likeness (QED) is 0.783. The molecule has 1 unspecified atom stereocenters. The van der Waals surface area contributed by atoms with Gasteiger partial charge in [-0.25, -0.2) is 0 Å². The van der Waals surface area contributed by atoms with E-state index in [1.807, 2.05) is 25.1 Å². The van der Waals surface area contributed by atoms with E-state index in [2.05, 4.69) is 29.8 Å². The summed E-state index contributed by atoms with van der Waals surface area (Å²) in [6.45, 7) is 6.16. The van der Waals surface area contributed by atoms with Gasteiger partial charge in [-0.15, -0.1) is 0 Å². The van der Waals surface area contributed by atoms with E-state index in [4.69, 9.17) is 4.74 Å². The van der Waals surface area contributed by atoms with Crippen LogP contribution >= 0.6 is 15.9 Å². The average Bonchev–Trinajstić information content (AvgIpc) is 2.16. The van der Waals surface area contributed by atoms with Gasteiger partial charge >= 0.3 is 0 Å². The first-order chi connectivity index (χ1) is 7.42. The van der Waals surface area contributed by atoms with Crippen LogP contribution in [0, 0.1) is 5.92 Å². The number of ether oxygens (including phenoxy) is 1. The minimum absolute atomic E-state index is 0.171. The third kappa shape index (κ3) is 1.88. The van der Waals surface area contributed by atoms with Crippen LogP contribution in [-0.4, -0.2) is 11.4 Å². The molecule has 1 aliphatic heterocycles. The molecule has 0 aromatic heterocycles. The van der Waals surface area contributed by atoms with E-state index in [9.17, 15) is 4.79 Å². The van der Waals surface area contributed by atoms with Gasteiger partial charge in [0.1, 0.15) is 11.4 Å². The van der Waals surface area contributed by atoms with Crippen molar-refractivity contribution in [2.75, 3.05) is 0 Å². The Balaban J connectivity index is 2.46. The monoisotopic (exact) mass is 282 g/mol. The second-order valence-electron chi connectivity index (χ2n) is 4.81. The molecule has 1 aliphatic rings. The molecule has 1 aromatic rings. The van der Waals surface area contributed by atoms with Crippen LogP contribution in [0.1, 0.15) is 37.6 Å². The maximum atomic E-state index is 12.0. The molecule has 2 nitrogen and oxygen atoms in total. The third-order valence-corrected chi connectivity index (χ3v) is 3.81. The number of carbonyl (C=O) groups is 1. The van der Waals surface area contributed by atoms with E-state index in [0.717, 1.165) is 4.47 Å². The summed E-state index contributed by atoms with van der Waals surface area (Å²) >= 11 is 3.39. The summed E-state index contributed by atoms with van der Waals surface area (Å²) in [6.07, 6.45) is 0.458. The first-order valence-electron chi connectivity index (χ1n) is 5.44. The van der Waals surface area contributed by atoms with Gasteiger partial charge in [0.25, 0.3) is 0 Å². The Labute approximate surface area is 104 Å². The Morgan fingerprint density at radius 3 is 2.75 bits per heavy atom. The van der Waals surface area contributed by atoms with Crippen molar-refractivity contribution in [1.82, 2.24) is 0 Å². The molecular weight excluding hydrogens is 268 g/mol. The Bertz CT molecular complexity index is 440. The number of hydrogen-bond acceptors (Lipinski definition) is 2. The van der Waals surface area contributed by atoms with Crippen molar-refractivity contribution in [2.24, 2.45) is 5.92 Å². The van der Waals surface area contributed by atoms with Crippen LogP contribution in [-0.2, 0) is 0 Å². The molecule has 2 rings (SSSR count). The number of benzene rings is 1. The number of Topliss-reactive ketones (excluding diaryl/α,β-unsaturated/α-hetero) is 1. The van der Waals surface area contributed by atoms with Crippen LogP contribution in [0.25, 0.3) is 0 Å². The summed E-state index contributed by atoms with van der Waals surface area (Å²) < 4.78 is 6.92. The number of fused-ring (bicyclic) bond motifs is 1. The zero-order chi connectivity index (χ0) is 11.9. The topological polar surface area (TPSA) is 26.3 Å². The van der Waals surface area contributed by atoms with Crippen LogP contribution in [0.2, 0.25) is 0 Å². The van der Waals surface area contributed by atoms with Gasteiger partial charge in [-0.1, -0.05) is 29.8 Å². The normalized spacial score (nSPS) is 24.2. The number of carbonyl (C=O) groups excluding carboxylic acids is 1. The lowest BCUT2D eigenvalue weighted by Gasteiger charge is -2.38. The van der Waals surface area contributed by atoms with Gasteiger partial charge in [0.05, 0.1) is 12.0 Å². The van der Waals surface area contributed by atoms with Crippen molar-refractivity contribution in [3.05, 3.63) is 28.2 Å². The third-order valence-electron chi connectivity index (χ3n) is 3.32. The molecule has 16 heavy (non-hydrogen) atoms. The molecule has 0 N–H and O–H groups in total. The molecule has 0 amide bonds. The first-order valence-corrected chi connectivity index (χ1v) is 6.23. The van der Waals surface area contributed by atoms with Crippen molar-refractivity contribution >= 4 is 21.7 Å². The SMILES string of the molecule is CC(C)C1(C)CC(=O)c2ccc(Br)cc2O1. The van der Waals surface area contributed by atoms with Crippen LogP contribution in [0.4, 0.5) is 0 Å². The molecular formula is C13H15BrO2. The van der Waals surface area contributed by atoms with E-state index in [1.54, 1.807) is 0 Å². The average molecular weight is 283 g/mol. The van der Waals surface area contributed by atoms with Crippen LogP contribution in [0.3, 0.4) is 0 Å². The van der Waals surface area contributed by atoms with Gasteiger partial charge in [0.15, 0.2) is 5.78 Å². The van der Waals surface area contributed by atoms with Gasteiger partial charge in [0.2, 0.25) is 0 Å². The summed E-state index contributed by atoms with van der Waals surface area (Å²) in [5.74, 6) is 1.18. The van der Waals surface area contributed by atoms with Gasteiger partial charge in [-0.2, -0.15) is 0 Å². The minimum Gasteiger partial charge on any atom is -0.486 e. The molecule has 86 valence electrons. The fraction of sp³-hybridized carbons (Fsp3) is 0.462. The number of ketones is 1. The predicted molar refractivity (Wildman–Crippen MR) is 67.0 cm³/mol. The molecule has 0 radical (unpaired) electrons. The first kappa shape index (κ1) is 11.6. The lowest BCUT2D eigenvalue weighted by Crippen LogP contribution is -2.43. The predicted octanol–water partition coefficient (Wildman–Crippen LogP) is 3.83. The van der Waals surface area contributed by atoms with E-state index in [1.165, 1.54) is 0 Å². The van der Waals surface area contributed by atoms with Gasteiger partial charge in [-0.05, 0) is 31.0 Å². The summed E-state index contributed by atoms with van der Waals surface area (Å²) in [6, 6.07) is 5.56. The Morgan fingerprint density at radius 2 is 2.12 bits per heavy atom. The van der Waals surface area contributed by atoms with E-state index < -0.39 is 0 Å². The highest BCUT2D eigenvalue weighted by atomic mass is 79.9. The lowest BCUT2D eigenvalue weighted by atomic mass is 9.83. The lowest BCUT2D eigenvalue weighted by molar-refractivity contribution is 0.0212. The molecule has 3 heteroatoms. The van der Waals surface area contributed by atoms with Crippen molar-refractivity contribution in [1.29, 1.82) is 0 Å². The number of rotatable bonds is 1. The standard InChI is InChI=1S/C13H15BrO2/c1-8(2)13(3)7-11(15)10-5-4-9(14)6-12(10)16-13/h4-6,8H,7H2,1-3H3. The summed E-state index contributed by atoms with van der Waals surface area (Å²) in [7, 11) is 0. The highest BCUT2D eigenvalue weighted by molar-refractivity contribution is 9.10. The van der Waals surface area contributed by atoms with Crippen molar-refractivity contribution in [3.8, 4) is 5.75 Å². The molecule has 0 bridgehead atoms. The smallest absolute Gasteiger partial charge is 0.170 e. The molecule has 0 aliphatic carbocycles. The van der Waals surface area contributed by atoms with Gasteiger partial charge in [0, 0.05) is 4.47 Å². The zero-order valence-electron chi connectivity index (χ0n) is 9.71. The van der Waals surface area contributed by atoms with Crippen molar-refractivity contribution in [3.63, 3.8) is 0 Å². The molecule has 1 heterocycles. The molecule has 0 saturated heterocycles. The summed E-state index contributed by atoms with van der Waals surface area (Å²) in [5, 5.41) is 0. The highest BCUT2D eigenvalue weighted by Crippen LogP contribution is 2.38. The minimum atomic E-state index is -0.384. The summed E-state index contributed by atoms with van der Waals surface area (Å²) in [4.78, 5) is 12.0. The zero-order valence-corrected chi connectivity index (χ0v) is 11.3. The Kier molecular flexibility index (Phi) is 2.82. The van der Waals surface area contributed by atoms with Crippen molar-refractivity contribution in [2.45, 2.75) is 32.8 Å². The highest BCUT2D eigenvalue weighted by Gasteiger charge is 2.38. The fourth-order valence-electron chi connectivity index (χ4n) is 1.83. The maximum Gasteiger partial charge on any atom is 0.170 e. The Hall–Kier alpha value is -0.830. The van der Waals surface area contributed by atoms with Gasteiger partial charge < -0.3 is 4.74 Å².